The van der Waals surface area contributed by atoms with Crippen molar-refractivity contribution in [3.8, 4) is 0 Å². The summed E-state index contributed by atoms with van der Waals surface area (Å²) in [5, 5.41) is 0. The van der Waals surface area contributed by atoms with Gasteiger partial charge in [0.1, 0.15) is 0 Å². The molecule has 1 aliphatic rings. The molecule has 2 aromatic rings. The molecule has 0 amide bonds. The Morgan fingerprint density at radius 3 is 2.72 bits per heavy atom. The summed E-state index contributed by atoms with van der Waals surface area (Å²) in [4.78, 5) is 3.91. The van der Waals surface area contributed by atoms with Crippen molar-refractivity contribution in [3.63, 3.8) is 0 Å². The van der Waals surface area contributed by atoms with Gasteiger partial charge >= 0.3 is 0 Å². The van der Waals surface area contributed by atoms with Gasteiger partial charge < -0.3 is 4.90 Å². The first-order valence-electron chi connectivity index (χ1n) is 5.75. The second kappa shape index (κ2) is 5.74. The van der Waals surface area contributed by atoms with E-state index in [9.17, 15) is 0 Å². The summed E-state index contributed by atoms with van der Waals surface area (Å²) in [7, 11) is 2.20. The van der Waals surface area contributed by atoms with Crippen molar-refractivity contribution in [2.24, 2.45) is 0 Å². The molecule has 1 aromatic heterocycles. The Kier molecular flexibility index (Phi) is 4.49. The second-order valence-electron chi connectivity index (χ2n) is 4.59. The SMILES string of the molecule is CN1Cc2sc(Br)cc2C(c2ccccc2)C1.Cl. The molecule has 0 bridgehead atoms. The van der Waals surface area contributed by atoms with Gasteiger partial charge in [-0.05, 0) is 40.2 Å². The molecular weight excluding hydrogens is 330 g/mol. The standard InChI is InChI=1S/C14H14BrNS.ClH/c1-16-8-12(10-5-3-2-4-6-10)11-7-14(15)17-13(11)9-16;/h2-7,12H,8-9H2,1H3;1H. The molecule has 1 atom stereocenters. The molecule has 4 heteroatoms. The maximum Gasteiger partial charge on any atom is 0.0704 e. The highest BCUT2D eigenvalue weighted by molar-refractivity contribution is 9.11. The van der Waals surface area contributed by atoms with Crippen LogP contribution in [-0.2, 0) is 6.54 Å². The van der Waals surface area contributed by atoms with Gasteiger partial charge in [-0.3, -0.25) is 0 Å². The van der Waals surface area contributed by atoms with Crippen LogP contribution >= 0.6 is 39.7 Å². The van der Waals surface area contributed by atoms with E-state index in [4.69, 9.17) is 0 Å². The monoisotopic (exact) mass is 343 g/mol. The maximum absolute atomic E-state index is 3.61. The lowest BCUT2D eigenvalue weighted by molar-refractivity contribution is 0.299. The van der Waals surface area contributed by atoms with Crippen molar-refractivity contribution < 1.29 is 0 Å². The molecule has 0 saturated heterocycles. The summed E-state index contributed by atoms with van der Waals surface area (Å²) in [6.45, 7) is 2.19. The van der Waals surface area contributed by atoms with Gasteiger partial charge in [0.25, 0.3) is 0 Å². The van der Waals surface area contributed by atoms with Crippen LogP contribution in [0.1, 0.15) is 21.9 Å². The summed E-state index contributed by atoms with van der Waals surface area (Å²) in [5.41, 5.74) is 2.93. The molecule has 3 rings (SSSR count). The molecule has 1 aromatic carbocycles. The van der Waals surface area contributed by atoms with E-state index in [-0.39, 0.29) is 12.4 Å². The fourth-order valence-corrected chi connectivity index (χ4v) is 4.38. The zero-order chi connectivity index (χ0) is 11.8. The largest absolute Gasteiger partial charge is 0.300 e. The number of rotatable bonds is 1. The fourth-order valence-electron chi connectivity index (χ4n) is 2.52. The molecule has 18 heavy (non-hydrogen) atoms. The predicted octanol–water partition coefficient (Wildman–Crippen LogP) is 4.51. The van der Waals surface area contributed by atoms with Gasteiger partial charge in [0, 0.05) is 23.9 Å². The highest BCUT2D eigenvalue weighted by Gasteiger charge is 2.26. The summed E-state index contributed by atoms with van der Waals surface area (Å²) < 4.78 is 1.25. The third kappa shape index (κ3) is 2.64. The molecule has 1 aliphatic heterocycles. The molecule has 0 saturated carbocycles. The van der Waals surface area contributed by atoms with E-state index < -0.39 is 0 Å². The molecule has 1 nitrogen and oxygen atoms in total. The number of hydrogen-bond acceptors (Lipinski definition) is 2. The van der Waals surface area contributed by atoms with Crippen molar-refractivity contribution in [1.29, 1.82) is 0 Å². The number of nitrogens with zero attached hydrogens (tertiary/aromatic N) is 1. The first-order chi connectivity index (χ1) is 8.24. The van der Waals surface area contributed by atoms with Crippen LogP contribution in [0.25, 0.3) is 0 Å². The molecule has 0 radical (unpaired) electrons. The first-order valence-corrected chi connectivity index (χ1v) is 7.36. The lowest BCUT2D eigenvalue weighted by atomic mass is 9.89. The molecular formula is C14H15BrClNS. The van der Waals surface area contributed by atoms with Gasteiger partial charge in [0.05, 0.1) is 3.79 Å². The number of thiophene rings is 1. The third-order valence-corrected chi connectivity index (χ3v) is 4.94. The minimum absolute atomic E-state index is 0. The average molecular weight is 345 g/mol. The highest BCUT2D eigenvalue weighted by atomic mass is 79.9. The van der Waals surface area contributed by atoms with Crippen LogP contribution in [0.5, 0.6) is 0 Å². The van der Waals surface area contributed by atoms with Crippen LogP contribution in [0, 0.1) is 0 Å². The fraction of sp³-hybridized carbons (Fsp3) is 0.286. The summed E-state index contributed by atoms with van der Waals surface area (Å²) in [6.07, 6.45) is 0. The average Bonchev–Trinajstić information content (AvgIpc) is 2.69. The quantitative estimate of drug-likeness (QED) is 0.735. The maximum atomic E-state index is 3.61. The van der Waals surface area contributed by atoms with E-state index in [0.29, 0.717) is 5.92 Å². The van der Waals surface area contributed by atoms with Gasteiger partial charge in [-0.1, -0.05) is 30.3 Å². The Balaban J connectivity index is 0.00000120. The Bertz CT molecular complexity index is 526. The van der Waals surface area contributed by atoms with Gasteiger partial charge in [-0.2, -0.15) is 0 Å². The lowest BCUT2D eigenvalue weighted by Crippen LogP contribution is -2.29. The minimum Gasteiger partial charge on any atom is -0.300 e. The summed E-state index contributed by atoms with van der Waals surface area (Å²) in [6, 6.07) is 13.1. The Hall–Kier alpha value is -0.350. The van der Waals surface area contributed by atoms with Crippen LogP contribution in [0.3, 0.4) is 0 Å². The molecule has 0 spiro atoms. The van der Waals surface area contributed by atoms with Gasteiger partial charge in [0.15, 0.2) is 0 Å². The number of benzene rings is 1. The van der Waals surface area contributed by atoms with E-state index in [1.165, 1.54) is 19.8 Å². The zero-order valence-electron chi connectivity index (χ0n) is 10.1. The lowest BCUT2D eigenvalue weighted by Gasteiger charge is -2.30. The molecule has 96 valence electrons. The van der Waals surface area contributed by atoms with E-state index in [0.717, 1.165) is 13.1 Å². The Labute approximate surface area is 126 Å². The molecule has 2 heterocycles. The number of likely N-dealkylation sites (N-methyl/N-ethyl adjacent to an activating group) is 1. The smallest absolute Gasteiger partial charge is 0.0704 e. The van der Waals surface area contributed by atoms with Crippen molar-refractivity contribution >= 4 is 39.7 Å². The van der Waals surface area contributed by atoms with Crippen molar-refractivity contribution in [3.05, 3.63) is 56.2 Å². The normalized spacial score (nSPS) is 19.1. The van der Waals surface area contributed by atoms with Crippen molar-refractivity contribution in [2.75, 3.05) is 13.6 Å². The summed E-state index contributed by atoms with van der Waals surface area (Å²) >= 11 is 5.48. The molecule has 1 unspecified atom stereocenters. The zero-order valence-corrected chi connectivity index (χ0v) is 13.3. The number of hydrogen-bond donors (Lipinski definition) is 0. The Morgan fingerprint density at radius 2 is 2.00 bits per heavy atom. The number of halogens is 2. The Morgan fingerprint density at radius 1 is 1.28 bits per heavy atom. The highest BCUT2D eigenvalue weighted by Crippen LogP contribution is 2.39. The van der Waals surface area contributed by atoms with Gasteiger partial charge in [-0.25, -0.2) is 0 Å². The number of fused-ring (bicyclic) bond motifs is 1. The first kappa shape index (κ1) is 14.1. The van der Waals surface area contributed by atoms with Crippen LogP contribution in [-0.4, -0.2) is 18.5 Å². The van der Waals surface area contributed by atoms with E-state index in [1.807, 2.05) is 11.3 Å². The second-order valence-corrected chi connectivity index (χ2v) is 7.11. The van der Waals surface area contributed by atoms with Crippen LogP contribution in [0.2, 0.25) is 0 Å². The van der Waals surface area contributed by atoms with Gasteiger partial charge in [0.2, 0.25) is 0 Å². The van der Waals surface area contributed by atoms with E-state index in [2.05, 4.69) is 64.3 Å². The van der Waals surface area contributed by atoms with Gasteiger partial charge in [-0.15, -0.1) is 23.7 Å². The summed E-state index contributed by atoms with van der Waals surface area (Å²) in [5.74, 6) is 0.521. The third-order valence-electron chi connectivity index (χ3n) is 3.30. The topological polar surface area (TPSA) is 3.24 Å². The van der Waals surface area contributed by atoms with Crippen molar-refractivity contribution in [1.82, 2.24) is 4.90 Å². The molecule has 0 fully saturated rings. The van der Waals surface area contributed by atoms with E-state index in [1.54, 1.807) is 0 Å². The predicted molar refractivity (Wildman–Crippen MR) is 83.9 cm³/mol. The molecule has 0 N–H and O–H groups in total. The van der Waals surface area contributed by atoms with E-state index >= 15 is 0 Å². The van der Waals surface area contributed by atoms with Crippen LogP contribution in [0.4, 0.5) is 0 Å². The molecule has 0 aliphatic carbocycles. The van der Waals surface area contributed by atoms with Crippen molar-refractivity contribution in [2.45, 2.75) is 12.5 Å². The van der Waals surface area contributed by atoms with Crippen LogP contribution in [0.15, 0.2) is 40.2 Å². The minimum atomic E-state index is 0. The van der Waals surface area contributed by atoms with Crippen LogP contribution < -0.4 is 0 Å².